The number of carbonyl (C=O) groups excluding carboxylic acids is 1. The fraction of sp³-hybridized carbons (Fsp3) is 0.550. The predicted molar refractivity (Wildman–Crippen MR) is 105 cm³/mol. The van der Waals surface area contributed by atoms with Crippen molar-refractivity contribution in [3.8, 4) is 0 Å². The van der Waals surface area contributed by atoms with Crippen LogP contribution in [-0.2, 0) is 24.9 Å². The van der Waals surface area contributed by atoms with E-state index in [1.165, 1.54) is 5.56 Å². The SMILES string of the molecule is CN(C)Cc1nnc([C@@H]2CCCN(C(=O)CNCc3ccccc3)C2)n1C. The molecule has 146 valence electrons. The Morgan fingerprint density at radius 3 is 2.78 bits per heavy atom. The van der Waals surface area contributed by atoms with E-state index in [2.05, 4.69) is 37.1 Å². The second-order valence-corrected chi connectivity index (χ2v) is 7.54. The maximum absolute atomic E-state index is 12.6. The molecule has 0 radical (unpaired) electrons. The van der Waals surface area contributed by atoms with Crippen molar-refractivity contribution < 1.29 is 4.79 Å². The summed E-state index contributed by atoms with van der Waals surface area (Å²) >= 11 is 0. The Hall–Kier alpha value is -2.25. The standard InChI is InChI=1S/C20H30N6O/c1-24(2)15-18-22-23-20(25(18)3)17-10-7-11-26(14-17)19(27)13-21-12-16-8-5-4-6-9-16/h4-6,8-9,17,21H,7,10-15H2,1-3H3/t17-/m1/s1. The fourth-order valence-electron chi connectivity index (χ4n) is 3.59. The molecule has 7 nitrogen and oxygen atoms in total. The molecular weight excluding hydrogens is 340 g/mol. The zero-order valence-corrected chi connectivity index (χ0v) is 16.6. The number of aromatic nitrogens is 3. The lowest BCUT2D eigenvalue weighted by Crippen LogP contribution is -2.43. The third-order valence-electron chi connectivity index (χ3n) is 5.04. The van der Waals surface area contributed by atoms with Gasteiger partial charge in [-0.05, 0) is 32.5 Å². The van der Waals surface area contributed by atoms with Crippen molar-refractivity contribution in [2.45, 2.75) is 31.8 Å². The van der Waals surface area contributed by atoms with Gasteiger partial charge in [-0.2, -0.15) is 0 Å². The minimum atomic E-state index is 0.159. The van der Waals surface area contributed by atoms with Gasteiger partial charge >= 0.3 is 0 Å². The van der Waals surface area contributed by atoms with Crippen LogP contribution < -0.4 is 5.32 Å². The summed E-state index contributed by atoms with van der Waals surface area (Å²) in [6.07, 6.45) is 2.06. The van der Waals surface area contributed by atoms with Crippen LogP contribution in [0.15, 0.2) is 30.3 Å². The first-order chi connectivity index (χ1) is 13.0. The molecule has 1 fully saturated rings. The molecule has 2 aromatic rings. The van der Waals surface area contributed by atoms with Crippen LogP contribution in [0.3, 0.4) is 0 Å². The number of piperidine rings is 1. The summed E-state index contributed by atoms with van der Waals surface area (Å²) in [6, 6.07) is 10.2. The molecule has 27 heavy (non-hydrogen) atoms. The highest BCUT2D eigenvalue weighted by atomic mass is 16.2. The van der Waals surface area contributed by atoms with Crippen LogP contribution in [-0.4, -0.2) is 64.2 Å². The lowest BCUT2D eigenvalue weighted by molar-refractivity contribution is -0.131. The summed E-state index contributed by atoms with van der Waals surface area (Å²) in [6.45, 7) is 3.39. The summed E-state index contributed by atoms with van der Waals surface area (Å²) in [5.74, 6) is 2.36. The number of nitrogens with zero attached hydrogens (tertiary/aromatic N) is 5. The number of hydrogen-bond acceptors (Lipinski definition) is 5. The van der Waals surface area contributed by atoms with E-state index in [0.717, 1.165) is 44.1 Å². The van der Waals surface area contributed by atoms with Gasteiger partial charge in [0.25, 0.3) is 0 Å². The van der Waals surface area contributed by atoms with Crippen LogP contribution >= 0.6 is 0 Å². The predicted octanol–water partition coefficient (Wildman–Crippen LogP) is 1.37. The Labute approximate surface area is 161 Å². The van der Waals surface area contributed by atoms with Crippen LogP contribution in [0.5, 0.6) is 0 Å². The fourth-order valence-corrected chi connectivity index (χ4v) is 3.59. The molecule has 2 heterocycles. The van der Waals surface area contributed by atoms with Gasteiger partial charge in [0.2, 0.25) is 5.91 Å². The van der Waals surface area contributed by atoms with Gasteiger partial charge in [0.1, 0.15) is 11.6 Å². The number of likely N-dealkylation sites (tertiary alicyclic amines) is 1. The van der Waals surface area contributed by atoms with Crippen LogP contribution in [0.1, 0.15) is 36.0 Å². The Bertz CT molecular complexity index is 742. The first kappa shape index (κ1) is 19.5. The molecule has 0 bridgehead atoms. The highest BCUT2D eigenvalue weighted by Crippen LogP contribution is 2.25. The minimum Gasteiger partial charge on any atom is -0.341 e. The first-order valence-electron chi connectivity index (χ1n) is 9.60. The summed E-state index contributed by atoms with van der Waals surface area (Å²) in [5, 5.41) is 12.0. The first-order valence-corrected chi connectivity index (χ1v) is 9.60. The van der Waals surface area contributed by atoms with Crippen LogP contribution in [0, 0.1) is 0 Å². The third-order valence-corrected chi connectivity index (χ3v) is 5.04. The molecule has 1 aromatic carbocycles. The van der Waals surface area contributed by atoms with Crippen molar-refractivity contribution >= 4 is 5.91 Å². The molecule has 1 N–H and O–H groups in total. The molecule has 7 heteroatoms. The second kappa shape index (κ2) is 9.10. The second-order valence-electron chi connectivity index (χ2n) is 7.54. The Morgan fingerprint density at radius 1 is 1.26 bits per heavy atom. The molecule has 0 saturated carbocycles. The van der Waals surface area contributed by atoms with Gasteiger partial charge in [-0.25, -0.2) is 0 Å². The maximum atomic E-state index is 12.6. The van der Waals surface area contributed by atoms with E-state index in [0.29, 0.717) is 13.1 Å². The normalized spacial score (nSPS) is 17.5. The zero-order valence-electron chi connectivity index (χ0n) is 16.6. The van der Waals surface area contributed by atoms with Gasteiger partial charge in [-0.1, -0.05) is 30.3 Å². The monoisotopic (exact) mass is 370 g/mol. The number of amides is 1. The van der Waals surface area contributed by atoms with Crippen LogP contribution in [0.4, 0.5) is 0 Å². The lowest BCUT2D eigenvalue weighted by atomic mass is 9.97. The summed E-state index contributed by atoms with van der Waals surface area (Å²) in [4.78, 5) is 16.7. The van der Waals surface area contributed by atoms with Gasteiger partial charge in [0.05, 0.1) is 13.1 Å². The quantitative estimate of drug-likeness (QED) is 0.797. The van der Waals surface area contributed by atoms with Gasteiger partial charge in [0.15, 0.2) is 0 Å². The Kier molecular flexibility index (Phi) is 6.58. The molecule has 3 rings (SSSR count). The smallest absolute Gasteiger partial charge is 0.236 e. The molecule has 0 aliphatic carbocycles. The molecule has 0 unspecified atom stereocenters. The van der Waals surface area contributed by atoms with Gasteiger partial charge in [-0.15, -0.1) is 10.2 Å². The summed E-state index contributed by atoms with van der Waals surface area (Å²) in [5.41, 5.74) is 1.19. The Balaban J connectivity index is 1.54. The number of carbonyl (C=O) groups is 1. The number of nitrogens with one attached hydrogen (secondary N) is 1. The van der Waals surface area contributed by atoms with E-state index in [-0.39, 0.29) is 11.8 Å². The van der Waals surface area contributed by atoms with Crippen molar-refractivity contribution in [2.24, 2.45) is 7.05 Å². The van der Waals surface area contributed by atoms with Crippen molar-refractivity contribution in [2.75, 3.05) is 33.7 Å². The highest BCUT2D eigenvalue weighted by Gasteiger charge is 2.28. The average molecular weight is 371 g/mol. The number of hydrogen-bond donors (Lipinski definition) is 1. The van der Waals surface area contributed by atoms with E-state index in [1.807, 2.05) is 44.2 Å². The van der Waals surface area contributed by atoms with Crippen molar-refractivity contribution in [1.82, 2.24) is 29.9 Å². The van der Waals surface area contributed by atoms with Crippen molar-refractivity contribution in [1.29, 1.82) is 0 Å². The highest BCUT2D eigenvalue weighted by molar-refractivity contribution is 5.78. The summed E-state index contributed by atoms with van der Waals surface area (Å²) in [7, 11) is 6.08. The molecule has 0 spiro atoms. The molecule has 1 atom stereocenters. The van der Waals surface area contributed by atoms with Gasteiger partial charge in [0, 0.05) is 32.6 Å². The van der Waals surface area contributed by atoms with E-state index in [1.54, 1.807) is 0 Å². The molecule has 1 aromatic heterocycles. The van der Waals surface area contributed by atoms with Crippen LogP contribution in [0.2, 0.25) is 0 Å². The zero-order chi connectivity index (χ0) is 19.2. The van der Waals surface area contributed by atoms with E-state index in [4.69, 9.17) is 0 Å². The number of rotatable bonds is 7. The third kappa shape index (κ3) is 5.14. The average Bonchev–Trinajstić information content (AvgIpc) is 3.02. The topological polar surface area (TPSA) is 66.3 Å². The summed E-state index contributed by atoms with van der Waals surface area (Å²) < 4.78 is 2.09. The Morgan fingerprint density at radius 2 is 2.04 bits per heavy atom. The van der Waals surface area contributed by atoms with E-state index < -0.39 is 0 Å². The molecule has 1 aliphatic heterocycles. The minimum absolute atomic E-state index is 0.159. The van der Waals surface area contributed by atoms with Gasteiger partial charge in [-0.3, -0.25) is 4.79 Å². The lowest BCUT2D eigenvalue weighted by Gasteiger charge is -2.32. The molecule has 1 aliphatic rings. The number of benzene rings is 1. The van der Waals surface area contributed by atoms with Crippen LogP contribution in [0.25, 0.3) is 0 Å². The largest absolute Gasteiger partial charge is 0.341 e. The molecular formula is C20H30N6O. The molecule has 1 amide bonds. The van der Waals surface area contributed by atoms with Gasteiger partial charge < -0.3 is 19.7 Å². The molecule has 1 saturated heterocycles. The van der Waals surface area contributed by atoms with E-state index in [9.17, 15) is 4.79 Å². The van der Waals surface area contributed by atoms with Crippen molar-refractivity contribution in [3.05, 3.63) is 47.5 Å². The van der Waals surface area contributed by atoms with E-state index >= 15 is 0 Å². The maximum Gasteiger partial charge on any atom is 0.236 e. The van der Waals surface area contributed by atoms with Crippen molar-refractivity contribution in [3.63, 3.8) is 0 Å².